The highest BCUT2D eigenvalue weighted by atomic mass is 15.6. The lowest BCUT2D eigenvalue weighted by atomic mass is 10.2. The van der Waals surface area contributed by atoms with Gasteiger partial charge in [0.05, 0.1) is 6.04 Å². The van der Waals surface area contributed by atoms with Gasteiger partial charge < -0.3 is 0 Å². The van der Waals surface area contributed by atoms with E-state index in [0.29, 0.717) is 12.1 Å². The van der Waals surface area contributed by atoms with Crippen molar-refractivity contribution in [3.63, 3.8) is 0 Å². The van der Waals surface area contributed by atoms with Crippen molar-refractivity contribution >= 4 is 0 Å². The maximum atomic E-state index is 4.12. The van der Waals surface area contributed by atoms with Crippen molar-refractivity contribution in [2.45, 2.75) is 39.8 Å². The summed E-state index contributed by atoms with van der Waals surface area (Å²) in [6.45, 7) is 8.35. The zero-order valence-electron chi connectivity index (χ0n) is 10.9. The lowest BCUT2D eigenvalue weighted by Gasteiger charge is -2.25. The van der Waals surface area contributed by atoms with Crippen LogP contribution in [0.3, 0.4) is 0 Å². The SMILES string of the molecule is CC(C)N(/N=N/C#Cc1ccccc1)C(C)C. The summed E-state index contributed by atoms with van der Waals surface area (Å²) in [5, 5.41) is 9.95. The minimum Gasteiger partial charge on any atom is -0.273 e. The van der Waals surface area contributed by atoms with E-state index in [9.17, 15) is 0 Å². The summed E-state index contributed by atoms with van der Waals surface area (Å²) >= 11 is 0. The minimum atomic E-state index is 0.331. The van der Waals surface area contributed by atoms with Gasteiger partial charge in [0, 0.05) is 17.6 Å². The number of hydrogen-bond donors (Lipinski definition) is 0. The van der Waals surface area contributed by atoms with Crippen molar-refractivity contribution < 1.29 is 0 Å². The second-order valence-electron chi connectivity index (χ2n) is 4.36. The Morgan fingerprint density at radius 3 is 2.12 bits per heavy atom. The van der Waals surface area contributed by atoms with Gasteiger partial charge in [-0.15, -0.1) is 0 Å². The molecule has 0 heterocycles. The van der Waals surface area contributed by atoms with Gasteiger partial charge in [-0.1, -0.05) is 28.5 Å². The fourth-order valence-corrected chi connectivity index (χ4v) is 1.49. The van der Waals surface area contributed by atoms with Gasteiger partial charge in [0.15, 0.2) is 0 Å². The molecule has 0 saturated carbocycles. The van der Waals surface area contributed by atoms with Gasteiger partial charge in [0.2, 0.25) is 0 Å². The summed E-state index contributed by atoms with van der Waals surface area (Å²) in [5.41, 5.74) is 0.951. The predicted octanol–water partition coefficient (Wildman–Crippen LogP) is 3.48. The standard InChI is InChI=1S/C14H19N3/c1-12(2)17(13(3)4)16-15-11-10-14-8-6-5-7-9-14/h5-9,12-13H,1-4H3/b16-15+. The van der Waals surface area contributed by atoms with Crippen LogP contribution in [0.25, 0.3) is 0 Å². The molecule has 3 heteroatoms. The Morgan fingerprint density at radius 2 is 1.59 bits per heavy atom. The van der Waals surface area contributed by atoms with Crippen LogP contribution in [0.15, 0.2) is 40.7 Å². The molecule has 0 N–H and O–H groups in total. The van der Waals surface area contributed by atoms with Crippen LogP contribution in [0.4, 0.5) is 0 Å². The van der Waals surface area contributed by atoms with Crippen LogP contribution in [0.2, 0.25) is 0 Å². The predicted molar refractivity (Wildman–Crippen MR) is 70.3 cm³/mol. The molecule has 0 aliphatic carbocycles. The van der Waals surface area contributed by atoms with E-state index < -0.39 is 0 Å². The number of hydrogen-bond acceptors (Lipinski definition) is 2. The van der Waals surface area contributed by atoms with Crippen LogP contribution in [0, 0.1) is 12.0 Å². The van der Waals surface area contributed by atoms with Gasteiger partial charge in [-0.2, -0.15) is 0 Å². The molecule has 0 atom stereocenters. The third kappa shape index (κ3) is 4.69. The molecule has 0 aliphatic heterocycles. The van der Waals surface area contributed by atoms with Crippen LogP contribution in [0.5, 0.6) is 0 Å². The maximum absolute atomic E-state index is 4.12. The summed E-state index contributed by atoms with van der Waals surface area (Å²) in [6, 6.07) is 13.1. The molecule has 0 aromatic heterocycles. The Kier molecular flexibility index (Phi) is 5.22. The van der Waals surface area contributed by atoms with E-state index in [1.807, 2.05) is 35.3 Å². The fourth-order valence-electron chi connectivity index (χ4n) is 1.49. The first-order chi connectivity index (χ1) is 8.11. The molecule has 0 fully saturated rings. The first-order valence-corrected chi connectivity index (χ1v) is 5.86. The summed E-state index contributed by atoms with van der Waals surface area (Å²) < 4.78 is 0. The van der Waals surface area contributed by atoms with Gasteiger partial charge >= 0.3 is 0 Å². The van der Waals surface area contributed by atoms with Crippen molar-refractivity contribution in [3.8, 4) is 12.0 Å². The molecular weight excluding hydrogens is 210 g/mol. The number of benzene rings is 1. The van der Waals surface area contributed by atoms with Crippen molar-refractivity contribution in [2.24, 2.45) is 10.3 Å². The first kappa shape index (κ1) is 13.2. The molecule has 1 rings (SSSR count). The third-order valence-electron chi connectivity index (χ3n) is 2.23. The summed E-state index contributed by atoms with van der Waals surface area (Å²) in [4.78, 5) is 0. The molecule has 0 bridgehead atoms. The molecule has 0 saturated heterocycles. The molecule has 0 aliphatic rings. The zero-order valence-corrected chi connectivity index (χ0v) is 10.9. The van der Waals surface area contributed by atoms with Gasteiger partial charge in [0.25, 0.3) is 0 Å². The van der Waals surface area contributed by atoms with E-state index in [1.54, 1.807) is 0 Å². The Labute approximate surface area is 104 Å². The van der Waals surface area contributed by atoms with Crippen LogP contribution in [0.1, 0.15) is 33.3 Å². The van der Waals surface area contributed by atoms with Crippen LogP contribution in [-0.4, -0.2) is 17.1 Å². The molecule has 1 aromatic carbocycles. The van der Waals surface area contributed by atoms with Gasteiger partial charge in [-0.05, 0) is 45.7 Å². The highest BCUT2D eigenvalue weighted by Crippen LogP contribution is 2.05. The van der Waals surface area contributed by atoms with E-state index in [0.717, 1.165) is 5.56 Å². The van der Waals surface area contributed by atoms with E-state index >= 15 is 0 Å². The molecule has 3 nitrogen and oxygen atoms in total. The quantitative estimate of drug-likeness (QED) is 0.443. The third-order valence-corrected chi connectivity index (χ3v) is 2.23. The number of nitrogens with zero attached hydrogens (tertiary/aromatic N) is 3. The monoisotopic (exact) mass is 229 g/mol. The Morgan fingerprint density at radius 1 is 1.00 bits per heavy atom. The first-order valence-electron chi connectivity index (χ1n) is 5.86. The smallest absolute Gasteiger partial charge is 0.0648 e. The summed E-state index contributed by atoms with van der Waals surface area (Å²) in [5.74, 6) is 2.94. The average Bonchev–Trinajstić information content (AvgIpc) is 2.29. The maximum Gasteiger partial charge on any atom is 0.0648 e. The molecule has 0 unspecified atom stereocenters. The summed E-state index contributed by atoms with van der Waals surface area (Å²) in [7, 11) is 0. The van der Waals surface area contributed by atoms with Gasteiger partial charge in [0.1, 0.15) is 0 Å². The Hall–Kier alpha value is -1.82. The molecule has 90 valence electrons. The molecule has 0 spiro atoms. The van der Waals surface area contributed by atoms with E-state index in [2.05, 4.69) is 50.0 Å². The van der Waals surface area contributed by atoms with Crippen molar-refractivity contribution in [3.05, 3.63) is 35.9 Å². The molecule has 1 aromatic rings. The largest absolute Gasteiger partial charge is 0.273 e. The normalized spacial score (nSPS) is 10.7. The molecule has 0 radical (unpaired) electrons. The average molecular weight is 229 g/mol. The van der Waals surface area contributed by atoms with E-state index in [4.69, 9.17) is 0 Å². The van der Waals surface area contributed by atoms with Crippen LogP contribution in [-0.2, 0) is 0 Å². The van der Waals surface area contributed by atoms with Crippen molar-refractivity contribution in [1.82, 2.24) is 5.01 Å². The molecule has 0 amide bonds. The topological polar surface area (TPSA) is 28.0 Å². The van der Waals surface area contributed by atoms with Crippen LogP contribution >= 0.6 is 0 Å². The van der Waals surface area contributed by atoms with Gasteiger partial charge in [-0.3, -0.25) is 5.01 Å². The minimum absolute atomic E-state index is 0.331. The van der Waals surface area contributed by atoms with Crippen molar-refractivity contribution in [2.75, 3.05) is 0 Å². The fraction of sp³-hybridized carbons (Fsp3) is 0.429. The second kappa shape index (κ2) is 6.70. The van der Waals surface area contributed by atoms with Crippen LogP contribution < -0.4 is 0 Å². The van der Waals surface area contributed by atoms with E-state index in [-0.39, 0.29) is 0 Å². The van der Waals surface area contributed by atoms with E-state index in [1.165, 1.54) is 0 Å². The molecular formula is C14H19N3. The van der Waals surface area contributed by atoms with Crippen molar-refractivity contribution in [1.29, 1.82) is 0 Å². The van der Waals surface area contributed by atoms with Gasteiger partial charge in [-0.25, -0.2) is 0 Å². The number of rotatable bonds is 3. The Bertz CT molecular complexity index is 402. The highest BCUT2D eigenvalue weighted by molar-refractivity contribution is 5.32. The highest BCUT2D eigenvalue weighted by Gasteiger charge is 2.09. The zero-order chi connectivity index (χ0) is 12.7. The Balaban J connectivity index is 2.64. The lowest BCUT2D eigenvalue weighted by Crippen LogP contribution is -2.31. The summed E-state index contributed by atoms with van der Waals surface area (Å²) in [6.07, 6.45) is 0. The molecule has 17 heavy (non-hydrogen) atoms. The lowest BCUT2D eigenvalue weighted by molar-refractivity contribution is 0.170. The second-order valence-corrected chi connectivity index (χ2v) is 4.36.